The smallest absolute Gasteiger partial charge is 0.123 e. The molecule has 33 heavy (non-hydrogen) atoms. The SMILES string of the molecule is COc1ccccc1CN1CCN(C(c2ccccc2Cl)C(O)c2ccccc2)CC1.Cl.O. The quantitative estimate of drug-likeness (QED) is 0.527. The lowest BCUT2D eigenvalue weighted by Crippen LogP contribution is -2.48. The highest BCUT2D eigenvalue weighted by atomic mass is 35.5. The van der Waals surface area contributed by atoms with E-state index in [9.17, 15) is 5.11 Å². The second kappa shape index (κ2) is 12.9. The highest BCUT2D eigenvalue weighted by Gasteiger charge is 2.32. The Bertz CT molecular complexity index is 982. The van der Waals surface area contributed by atoms with Crippen LogP contribution < -0.4 is 4.74 Å². The van der Waals surface area contributed by atoms with E-state index in [1.807, 2.05) is 66.7 Å². The summed E-state index contributed by atoms with van der Waals surface area (Å²) >= 11 is 6.58. The zero-order valence-electron chi connectivity index (χ0n) is 18.7. The lowest BCUT2D eigenvalue weighted by molar-refractivity contribution is 0.0148. The number of methoxy groups -OCH3 is 1. The standard InChI is InChI=1S/C26H29ClN2O2.ClH.H2O/c1-31-24-14-8-5-11-21(24)19-28-15-17-29(18-16-28)25(22-12-6-7-13-23(22)27)26(30)20-9-3-2-4-10-20;;/h2-14,25-26,30H,15-19H2,1H3;1H;1H2. The third-order valence-corrected chi connectivity index (χ3v) is 6.39. The van der Waals surface area contributed by atoms with Gasteiger partial charge >= 0.3 is 0 Å². The Morgan fingerprint density at radius 1 is 0.879 bits per heavy atom. The van der Waals surface area contributed by atoms with Crippen LogP contribution in [0.25, 0.3) is 0 Å². The van der Waals surface area contributed by atoms with Gasteiger partial charge in [-0.2, -0.15) is 0 Å². The number of ether oxygens (including phenoxy) is 1. The zero-order valence-corrected chi connectivity index (χ0v) is 20.3. The number of halogens is 2. The van der Waals surface area contributed by atoms with Crippen LogP contribution in [0.15, 0.2) is 78.9 Å². The van der Waals surface area contributed by atoms with Gasteiger partial charge in [0.05, 0.1) is 19.3 Å². The van der Waals surface area contributed by atoms with Crippen molar-refractivity contribution in [2.45, 2.75) is 18.7 Å². The van der Waals surface area contributed by atoms with E-state index < -0.39 is 6.10 Å². The Balaban J connectivity index is 0.00000193. The second-order valence-electron chi connectivity index (χ2n) is 7.95. The first-order valence-electron chi connectivity index (χ1n) is 10.7. The van der Waals surface area contributed by atoms with Crippen molar-refractivity contribution in [1.82, 2.24) is 9.80 Å². The molecule has 0 spiro atoms. The molecule has 0 bridgehead atoms. The molecule has 1 saturated heterocycles. The first-order chi connectivity index (χ1) is 15.2. The maximum atomic E-state index is 11.3. The second-order valence-corrected chi connectivity index (χ2v) is 8.35. The molecule has 1 fully saturated rings. The molecule has 5 nitrogen and oxygen atoms in total. The van der Waals surface area contributed by atoms with Crippen LogP contribution in [0.4, 0.5) is 0 Å². The molecule has 7 heteroatoms. The fourth-order valence-corrected chi connectivity index (χ4v) is 4.64. The van der Waals surface area contributed by atoms with Gasteiger partial charge in [-0.05, 0) is 23.3 Å². The summed E-state index contributed by atoms with van der Waals surface area (Å²) in [6.45, 7) is 4.40. The van der Waals surface area contributed by atoms with Crippen LogP contribution in [0.2, 0.25) is 5.02 Å². The van der Waals surface area contributed by atoms with Gasteiger partial charge in [-0.1, -0.05) is 78.3 Å². The Morgan fingerprint density at radius 2 is 1.48 bits per heavy atom. The van der Waals surface area contributed by atoms with Crippen molar-refractivity contribution in [1.29, 1.82) is 0 Å². The minimum Gasteiger partial charge on any atom is -0.496 e. The van der Waals surface area contributed by atoms with Crippen molar-refractivity contribution < 1.29 is 15.3 Å². The highest BCUT2D eigenvalue weighted by Crippen LogP contribution is 2.38. The van der Waals surface area contributed by atoms with Crippen molar-refractivity contribution in [3.05, 3.63) is 101 Å². The van der Waals surface area contributed by atoms with Crippen LogP contribution >= 0.6 is 24.0 Å². The molecule has 0 aromatic heterocycles. The predicted octanol–water partition coefficient (Wildman–Crippen LogP) is 4.54. The average Bonchev–Trinajstić information content (AvgIpc) is 2.82. The van der Waals surface area contributed by atoms with Gasteiger partial charge in [-0.3, -0.25) is 9.80 Å². The van der Waals surface area contributed by atoms with Gasteiger partial charge in [0, 0.05) is 43.3 Å². The molecule has 3 N–H and O–H groups in total. The summed E-state index contributed by atoms with van der Waals surface area (Å²) in [5.41, 5.74) is 3.08. The fourth-order valence-electron chi connectivity index (χ4n) is 4.39. The van der Waals surface area contributed by atoms with Crippen molar-refractivity contribution in [3.8, 4) is 5.75 Å². The molecule has 2 atom stereocenters. The summed E-state index contributed by atoms with van der Waals surface area (Å²) in [6.07, 6.45) is -0.651. The Labute approximate surface area is 207 Å². The Morgan fingerprint density at radius 3 is 2.15 bits per heavy atom. The number of aliphatic hydroxyl groups is 1. The van der Waals surface area contributed by atoms with E-state index in [0.717, 1.165) is 49.6 Å². The summed E-state index contributed by atoms with van der Waals surface area (Å²) in [4.78, 5) is 4.80. The molecule has 0 amide bonds. The van der Waals surface area contributed by atoms with Gasteiger partial charge in [-0.15, -0.1) is 12.4 Å². The lowest BCUT2D eigenvalue weighted by atomic mass is 9.93. The average molecular weight is 491 g/mol. The molecule has 0 aliphatic carbocycles. The van der Waals surface area contributed by atoms with Gasteiger partial charge < -0.3 is 15.3 Å². The number of benzene rings is 3. The summed E-state index contributed by atoms with van der Waals surface area (Å²) in [6, 6.07) is 25.7. The molecule has 2 unspecified atom stereocenters. The van der Waals surface area contributed by atoms with Crippen LogP contribution in [0, 0.1) is 0 Å². The first kappa shape index (κ1) is 27.1. The molecule has 4 rings (SSSR count). The molecule has 178 valence electrons. The summed E-state index contributed by atoms with van der Waals surface area (Å²) in [5, 5.41) is 12.0. The zero-order chi connectivity index (χ0) is 21.6. The Kier molecular flexibility index (Phi) is 10.6. The van der Waals surface area contributed by atoms with Crippen LogP contribution in [0.1, 0.15) is 28.8 Å². The van der Waals surface area contributed by atoms with E-state index in [4.69, 9.17) is 16.3 Å². The highest BCUT2D eigenvalue weighted by molar-refractivity contribution is 6.31. The predicted molar refractivity (Wildman–Crippen MR) is 136 cm³/mol. The summed E-state index contributed by atoms with van der Waals surface area (Å²) in [7, 11) is 1.72. The molecule has 0 saturated carbocycles. The number of hydrogen-bond donors (Lipinski definition) is 1. The number of aliphatic hydroxyl groups excluding tert-OH is 1. The summed E-state index contributed by atoms with van der Waals surface area (Å²) < 4.78 is 5.51. The normalized spacial score (nSPS) is 16.2. The van der Waals surface area contributed by atoms with Gasteiger partial charge in [-0.25, -0.2) is 0 Å². The van der Waals surface area contributed by atoms with Gasteiger partial charge in [0.15, 0.2) is 0 Å². The monoisotopic (exact) mass is 490 g/mol. The van der Waals surface area contributed by atoms with Crippen LogP contribution in [0.3, 0.4) is 0 Å². The lowest BCUT2D eigenvalue weighted by Gasteiger charge is -2.41. The molecular weight excluding hydrogens is 459 g/mol. The van der Waals surface area contributed by atoms with Crippen molar-refractivity contribution in [3.63, 3.8) is 0 Å². The van der Waals surface area contributed by atoms with E-state index in [0.29, 0.717) is 5.02 Å². The molecule has 3 aromatic carbocycles. The van der Waals surface area contributed by atoms with Crippen LogP contribution in [0.5, 0.6) is 5.75 Å². The maximum absolute atomic E-state index is 11.3. The minimum absolute atomic E-state index is 0. The third-order valence-electron chi connectivity index (χ3n) is 6.05. The van der Waals surface area contributed by atoms with E-state index in [2.05, 4.69) is 21.9 Å². The number of rotatable bonds is 7. The van der Waals surface area contributed by atoms with Gasteiger partial charge in [0.2, 0.25) is 0 Å². The van der Waals surface area contributed by atoms with Crippen LogP contribution in [-0.4, -0.2) is 53.7 Å². The number of nitrogens with zero attached hydrogens (tertiary/aromatic N) is 2. The van der Waals surface area contributed by atoms with E-state index in [1.165, 1.54) is 5.56 Å². The van der Waals surface area contributed by atoms with Gasteiger partial charge in [0.25, 0.3) is 0 Å². The summed E-state index contributed by atoms with van der Waals surface area (Å²) in [5.74, 6) is 0.929. The molecule has 3 aromatic rings. The third kappa shape index (κ3) is 6.48. The number of piperazine rings is 1. The van der Waals surface area contributed by atoms with Crippen LogP contribution in [-0.2, 0) is 6.54 Å². The topological polar surface area (TPSA) is 67.4 Å². The number of para-hydroxylation sites is 1. The maximum Gasteiger partial charge on any atom is 0.123 e. The fraction of sp³-hybridized carbons (Fsp3) is 0.308. The van der Waals surface area contributed by atoms with Crippen molar-refractivity contribution >= 4 is 24.0 Å². The van der Waals surface area contributed by atoms with Crippen molar-refractivity contribution in [2.75, 3.05) is 33.3 Å². The molecule has 0 radical (unpaired) electrons. The van der Waals surface area contributed by atoms with E-state index >= 15 is 0 Å². The van der Waals surface area contributed by atoms with Gasteiger partial charge in [0.1, 0.15) is 5.75 Å². The number of hydrogen-bond acceptors (Lipinski definition) is 4. The largest absolute Gasteiger partial charge is 0.496 e. The van der Waals surface area contributed by atoms with E-state index in [-0.39, 0.29) is 23.9 Å². The molecule has 1 aliphatic heterocycles. The Hall–Kier alpha value is -2.12. The van der Waals surface area contributed by atoms with Crippen molar-refractivity contribution in [2.24, 2.45) is 0 Å². The first-order valence-corrected chi connectivity index (χ1v) is 11.1. The minimum atomic E-state index is -0.651. The van der Waals surface area contributed by atoms with E-state index in [1.54, 1.807) is 7.11 Å². The molecule has 1 aliphatic rings. The molecule has 1 heterocycles. The molecular formula is C26H32Cl2N2O3.